The fourth-order valence-corrected chi connectivity index (χ4v) is 2.51. The van der Waals surface area contributed by atoms with Gasteiger partial charge in [-0.2, -0.15) is 0 Å². The number of hydrogen-bond donors (Lipinski definition) is 1. The summed E-state index contributed by atoms with van der Waals surface area (Å²) in [6.45, 7) is 1.41. The van der Waals surface area contributed by atoms with Gasteiger partial charge in [-0.1, -0.05) is 18.2 Å². The Hall–Kier alpha value is -2.74. The number of hydrogen-bond acceptors (Lipinski definition) is 6. The molecule has 1 amide bonds. The number of anilines is 1. The van der Waals surface area contributed by atoms with Gasteiger partial charge in [-0.25, -0.2) is 0 Å². The van der Waals surface area contributed by atoms with Gasteiger partial charge >= 0.3 is 5.97 Å². The number of para-hydroxylation sites is 2. The number of nitro groups is 1. The Bertz CT molecular complexity index is 714. The highest BCUT2D eigenvalue weighted by atomic mass is 32.1. The van der Waals surface area contributed by atoms with Crippen LogP contribution in [0.3, 0.4) is 0 Å². The Labute approximate surface area is 136 Å². The molecule has 1 N–H and O–H groups in total. The predicted molar refractivity (Wildman–Crippen MR) is 85.3 cm³/mol. The molecule has 0 unspecified atom stereocenters. The standard InChI is InChI=1S/C15H14N2O5S/c1-10(22-14(18)9-11-5-4-8-23-11)15(19)16-12-6-2-3-7-13(12)17(20)21/h2-8,10H,9H2,1H3,(H,16,19)/t10-/m1/s1. The lowest BCUT2D eigenvalue weighted by molar-refractivity contribution is -0.383. The largest absolute Gasteiger partial charge is 0.452 e. The Morgan fingerprint density at radius 1 is 1.30 bits per heavy atom. The van der Waals surface area contributed by atoms with Gasteiger partial charge in [0.1, 0.15) is 5.69 Å². The molecule has 0 saturated carbocycles. The van der Waals surface area contributed by atoms with E-state index in [4.69, 9.17) is 4.74 Å². The first-order chi connectivity index (χ1) is 11.0. The van der Waals surface area contributed by atoms with Crippen molar-refractivity contribution >= 4 is 34.6 Å². The van der Waals surface area contributed by atoms with Gasteiger partial charge in [-0.3, -0.25) is 19.7 Å². The number of rotatable bonds is 6. The van der Waals surface area contributed by atoms with Crippen molar-refractivity contribution in [2.75, 3.05) is 5.32 Å². The maximum Gasteiger partial charge on any atom is 0.311 e. The molecule has 8 heteroatoms. The van der Waals surface area contributed by atoms with Crippen LogP contribution in [0, 0.1) is 10.1 Å². The van der Waals surface area contributed by atoms with Crippen LogP contribution in [0.15, 0.2) is 41.8 Å². The first kappa shape index (κ1) is 16.6. The zero-order valence-electron chi connectivity index (χ0n) is 12.2. The molecule has 1 aromatic heterocycles. The third-order valence-corrected chi connectivity index (χ3v) is 3.81. The number of amides is 1. The lowest BCUT2D eigenvalue weighted by Gasteiger charge is -2.13. The molecule has 2 rings (SSSR count). The second-order valence-electron chi connectivity index (χ2n) is 4.65. The molecule has 0 spiro atoms. The third-order valence-electron chi connectivity index (χ3n) is 2.93. The molecule has 2 aromatic rings. The highest BCUT2D eigenvalue weighted by Crippen LogP contribution is 2.23. The third kappa shape index (κ3) is 4.62. The van der Waals surface area contributed by atoms with Crippen molar-refractivity contribution in [3.63, 3.8) is 0 Å². The van der Waals surface area contributed by atoms with Gasteiger partial charge in [0.25, 0.3) is 11.6 Å². The number of carbonyl (C=O) groups is 2. The molecule has 1 heterocycles. The average Bonchev–Trinajstić information content (AvgIpc) is 3.00. The van der Waals surface area contributed by atoms with E-state index in [9.17, 15) is 19.7 Å². The number of benzene rings is 1. The van der Waals surface area contributed by atoms with E-state index in [0.717, 1.165) is 4.88 Å². The number of carbonyl (C=O) groups excluding carboxylic acids is 2. The molecule has 0 aliphatic rings. The first-order valence-electron chi connectivity index (χ1n) is 6.73. The zero-order chi connectivity index (χ0) is 16.8. The Kier molecular flexibility index (Phi) is 5.42. The zero-order valence-corrected chi connectivity index (χ0v) is 13.0. The fraction of sp³-hybridized carbons (Fsp3) is 0.200. The van der Waals surface area contributed by atoms with Crippen molar-refractivity contribution in [1.82, 2.24) is 0 Å². The fourth-order valence-electron chi connectivity index (χ4n) is 1.82. The van der Waals surface area contributed by atoms with E-state index in [-0.39, 0.29) is 17.8 Å². The molecule has 1 aromatic carbocycles. The molecule has 1 atom stereocenters. The minimum atomic E-state index is -1.05. The van der Waals surface area contributed by atoms with Crippen molar-refractivity contribution in [2.24, 2.45) is 0 Å². The molecule has 23 heavy (non-hydrogen) atoms. The second-order valence-corrected chi connectivity index (χ2v) is 5.68. The van der Waals surface area contributed by atoms with E-state index >= 15 is 0 Å². The van der Waals surface area contributed by atoms with Crippen molar-refractivity contribution in [3.05, 3.63) is 56.8 Å². The van der Waals surface area contributed by atoms with Crippen LogP contribution < -0.4 is 5.32 Å². The van der Waals surface area contributed by atoms with Crippen molar-refractivity contribution in [1.29, 1.82) is 0 Å². The molecule has 0 aliphatic carbocycles. The summed E-state index contributed by atoms with van der Waals surface area (Å²) in [6.07, 6.45) is -0.969. The molecular weight excluding hydrogens is 320 g/mol. The van der Waals surface area contributed by atoms with Crippen LogP contribution in [-0.4, -0.2) is 22.9 Å². The molecule has 0 bridgehead atoms. The Morgan fingerprint density at radius 3 is 2.70 bits per heavy atom. The number of nitrogens with zero attached hydrogens (tertiary/aromatic N) is 1. The molecular formula is C15H14N2O5S. The van der Waals surface area contributed by atoms with Gasteiger partial charge < -0.3 is 10.1 Å². The molecule has 0 aliphatic heterocycles. The molecule has 0 fully saturated rings. The quantitative estimate of drug-likeness (QED) is 0.497. The van der Waals surface area contributed by atoms with Gasteiger partial charge in [0, 0.05) is 10.9 Å². The average molecular weight is 334 g/mol. The van der Waals surface area contributed by atoms with Crippen molar-refractivity contribution in [2.45, 2.75) is 19.4 Å². The van der Waals surface area contributed by atoms with Crippen LogP contribution in [0.5, 0.6) is 0 Å². The van der Waals surface area contributed by atoms with Crippen LogP contribution in [0.2, 0.25) is 0 Å². The molecule has 0 radical (unpaired) electrons. The van der Waals surface area contributed by atoms with Gasteiger partial charge in [0.15, 0.2) is 6.10 Å². The van der Waals surface area contributed by atoms with Gasteiger partial charge in [0.2, 0.25) is 0 Å². The summed E-state index contributed by atoms with van der Waals surface area (Å²) in [5.41, 5.74) is -0.165. The van der Waals surface area contributed by atoms with Crippen LogP contribution >= 0.6 is 11.3 Å². The van der Waals surface area contributed by atoms with E-state index in [1.807, 2.05) is 11.4 Å². The summed E-state index contributed by atoms with van der Waals surface area (Å²) in [5, 5.41) is 15.1. The van der Waals surface area contributed by atoms with Gasteiger partial charge in [-0.15, -0.1) is 11.3 Å². The highest BCUT2D eigenvalue weighted by molar-refractivity contribution is 7.10. The lowest BCUT2D eigenvalue weighted by Crippen LogP contribution is -2.30. The molecule has 0 saturated heterocycles. The summed E-state index contributed by atoms with van der Waals surface area (Å²) >= 11 is 1.42. The summed E-state index contributed by atoms with van der Waals surface area (Å²) in [4.78, 5) is 34.9. The maximum absolute atomic E-state index is 12.0. The number of nitro benzene ring substituents is 1. The molecule has 7 nitrogen and oxygen atoms in total. The van der Waals surface area contributed by atoms with Crippen LogP contribution in [-0.2, 0) is 20.7 Å². The first-order valence-corrected chi connectivity index (χ1v) is 7.61. The Morgan fingerprint density at radius 2 is 2.04 bits per heavy atom. The second kappa shape index (κ2) is 7.50. The monoisotopic (exact) mass is 334 g/mol. The molecule has 120 valence electrons. The Balaban J connectivity index is 1.95. The summed E-state index contributed by atoms with van der Waals surface area (Å²) in [6, 6.07) is 9.37. The predicted octanol–water partition coefficient (Wildman–Crippen LogP) is 2.77. The van der Waals surface area contributed by atoms with Gasteiger partial charge in [-0.05, 0) is 24.4 Å². The number of esters is 1. The SMILES string of the molecule is C[C@@H](OC(=O)Cc1cccs1)C(=O)Nc1ccccc1[N+](=O)[O-]. The van der Waals surface area contributed by atoms with E-state index < -0.39 is 22.9 Å². The minimum absolute atomic E-state index is 0.0589. The van der Waals surface area contributed by atoms with E-state index in [2.05, 4.69) is 5.32 Å². The van der Waals surface area contributed by atoms with Crippen LogP contribution in [0.1, 0.15) is 11.8 Å². The summed E-state index contributed by atoms with van der Waals surface area (Å²) < 4.78 is 5.04. The van der Waals surface area contributed by atoms with Crippen LogP contribution in [0.4, 0.5) is 11.4 Å². The smallest absolute Gasteiger partial charge is 0.311 e. The lowest BCUT2D eigenvalue weighted by atomic mass is 10.2. The highest BCUT2D eigenvalue weighted by Gasteiger charge is 2.21. The maximum atomic E-state index is 12.0. The minimum Gasteiger partial charge on any atom is -0.452 e. The number of thiophene rings is 1. The topological polar surface area (TPSA) is 98.5 Å². The van der Waals surface area contributed by atoms with E-state index in [1.54, 1.807) is 12.1 Å². The van der Waals surface area contributed by atoms with Crippen LogP contribution in [0.25, 0.3) is 0 Å². The van der Waals surface area contributed by atoms with E-state index in [1.165, 1.54) is 36.5 Å². The van der Waals surface area contributed by atoms with Gasteiger partial charge in [0.05, 0.1) is 11.3 Å². The summed E-state index contributed by atoms with van der Waals surface area (Å²) in [7, 11) is 0. The van der Waals surface area contributed by atoms with E-state index in [0.29, 0.717) is 0 Å². The number of nitrogens with one attached hydrogen (secondary N) is 1. The normalized spacial score (nSPS) is 11.5. The summed E-state index contributed by atoms with van der Waals surface area (Å²) in [5.74, 6) is -1.16. The van der Waals surface area contributed by atoms with Crippen molar-refractivity contribution in [3.8, 4) is 0 Å². The van der Waals surface area contributed by atoms with Crippen molar-refractivity contribution < 1.29 is 19.2 Å². The number of ether oxygens (including phenoxy) is 1.